The number of hydrogen-bond acceptors (Lipinski definition) is 11. The van der Waals surface area contributed by atoms with E-state index in [0.717, 1.165) is 16.7 Å². The fraction of sp³-hybridized carbons (Fsp3) is 0.178. The number of carbonyl (C=O) groups excluding carboxylic acids is 5. The molecule has 1 aliphatic carbocycles. The van der Waals surface area contributed by atoms with Crippen molar-refractivity contribution in [1.82, 2.24) is 0 Å². The first kappa shape index (κ1) is 36.0. The van der Waals surface area contributed by atoms with E-state index in [1.165, 1.54) is 0 Å². The maximum Gasteiger partial charge on any atom is 0.321 e. The second-order valence-corrected chi connectivity index (χ2v) is 13.6. The van der Waals surface area contributed by atoms with E-state index in [0.29, 0.717) is 39.7 Å². The van der Waals surface area contributed by atoms with Crippen LogP contribution in [-0.2, 0) is 28.7 Å². The minimum Gasteiger partial charge on any atom is -0.458 e. The van der Waals surface area contributed by atoms with Gasteiger partial charge in [0.05, 0.1) is 24.2 Å². The molecule has 0 bridgehead atoms. The van der Waals surface area contributed by atoms with Crippen molar-refractivity contribution in [3.8, 4) is 34.1 Å². The van der Waals surface area contributed by atoms with Crippen LogP contribution in [-0.4, -0.2) is 43.2 Å². The van der Waals surface area contributed by atoms with Gasteiger partial charge in [-0.05, 0) is 94.8 Å². The summed E-state index contributed by atoms with van der Waals surface area (Å²) in [5.74, 6) is -3.09. The molecule has 0 amide bonds. The first-order valence-electron chi connectivity index (χ1n) is 18.0. The zero-order valence-corrected chi connectivity index (χ0v) is 29.8. The van der Waals surface area contributed by atoms with Gasteiger partial charge in [-0.15, -0.1) is 0 Å². The van der Waals surface area contributed by atoms with Crippen molar-refractivity contribution in [2.45, 2.75) is 24.7 Å². The molecule has 11 nitrogen and oxygen atoms in total. The number of carbonyl (C=O) groups is 5. The summed E-state index contributed by atoms with van der Waals surface area (Å²) in [6.07, 6.45) is 3.44. The third-order valence-electron chi connectivity index (χ3n) is 10.2. The summed E-state index contributed by atoms with van der Waals surface area (Å²) >= 11 is 0. The van der Waals surface area contributed by atoms with Crippen LogP contribution in [0.5, 0.6) is 23.0 Å². The summed E-state index contributed by atoms with van der Waals surface area (Å²) < 4.78 is 32.9. The number of cyclic esters (lactones) is 4. The quantitative estimate of drug-likeness (QED) is 0.0390. The van der Waals surface area contributed by atoms with Crippen molar-refractivity contribution in [3.05, 3.63) is 150 Å². The Bertz CT molecular complexity index is 2310. The maximum absolute atomic E-state index is 12.7. The van der Waals surface area contributed by atoms with Crippen LogP contribution in [0.4, 0.5) is 0 Å². The largest absolute Gasteiger partial charge is 0.458 e. The van der Waals surface area contributed by atoms with Crippen molar-refractivity contribution in [2.24, 2.45) is 11.8 Å². The highest BCUT2D eigenvalue weighted by Crippen LogP contribution is 2.51. The van der Waals surface area contributed by atoms with Gasteiger partial charge in [-0.3, -0.25) is 24.0 Å². The number of ether oxygens (including phenoxy) is 6. The second-order valence-electron chi connectivity index (χ2n) is 13.6. The fourth-order valence-electron chi connectivity index (χ4n) is 7.31. The highest BCUT2D eigenvalue weighted by Gasteiger charge is 2.53. The standard InChI is InChI=1S/C45H34O11/c46-40(30-4-2-1-3-5-30)21-8-27-6-13-31(14-7-27)51-25-52-32-15-9-28(10-16-32)29-11-17-33(18-12-29)53-26-54-34-19-20-35-36(38-24-41(47)55-43(38)48)23-39-42(37(35)22-34)45(50)56-44(39)49/h1-22,36,38-39,42H,23-26H2/b21-8+. The Kier molecular flexibility index (Phi) is 10.1. The molecule has 0 spiro atoms. The van der Waals surface area contributed by atoms with Crippen LogP contribution in [0.25, 0.3) is 17.2 Å². The minimum absolute atomic E-state index is 0.0213. The minimum atomic E-state index is -0.814. The number of benzene rings is 5. The van der Waals surface area contributed by atoms with Gasteiger partial charge >= 0.3 is 23.9 Å². The number of esters is 4. The Morgan fingerprint density at radius 1 is 0.571 bits per heavy atom. The molecule has 3 aliphatic rings. The Morgan fingerprint density at radius 3 is 1.71 bits per heavy atom. The molecule has 56 heavy (non-hydrogen) atoms. The highest BCUT2D eigenvalue weighted by molar-refractivity contribution is 6.06. The molecule has 5 aromatic carbocycles. The van der Waals surface area contributed by atoms with Gasteiger partial charge in [-0.1, -0.05) is 78.9 Å². The molecule has 0 N–H and O–H groups in total. The predicted octanol–water partition coefficient (Wildman–Crippen LogP) is 7.44. The van der Waals surface area contributed by atoms with Crippen molar-refractivity contribution >= 4 is 35.7 Å². The Labute approximate surface area is 321 Å². The normalized spacial score (nSPS) is 19.9. The molecule has 4 atom stereocenters. The topological polar surface area (TPSA) is 141 Å². The number of ketones is 1. The molecule has 0 saturated carbocycles. The first-order valence-corrected chi connectivity index (χ1v) is 18.0. The van der Waals surface area contributed by atoms with E-state index in [9.17, 15) is 24.0 Å². The molecule has 2 fully saturated rings. The number of rotatable bonds is 13. The molecule has 2 aliphatic heterocycles. The summed E-state index contributed by atoms with van der Waals surface area (Å²) in [4.78, 5) is 61.8. The van der Waals surface area contributed by atoms with Crippen molar-refractivity contribution < 1.29 is 52.4 Å². The van der Waals surface area contributed by atoms with E-state index in [2.05, 4.69) is 0 Å². The smallest absolute Gasteiger partial charge is 0.321 e. The monoisotopic (exact) mass is 750 g/mol. The third-order valence-corrected chi connectivity index (χ3v) is 10.2. The molecule has 2 heterocycles. The van der Waals surface area contributed by atoms with Crippen LogP contribution in [0.2, 0.25) is 0 Å². The Morgan fingerprint density at radius 2 is 1.12 bits per heavy atom. The van der Waals surface area contributed by atoms with Gasteiger partial charge in [0.15, 0.2) is 5.78 Å². The predicted molar refractivity (Wildman–Crippen MR) is 201 cm³/mol. The van der Waals surface area contributed by atoms with Gasteiger partial charge in [0.25, 0.3) is 0 Å². The lowest BCUT2D eigenvalue weighted by Gasteiger charge is -2.33. The van der Waals surface area contributed by atoms with Crippen LogP contribution in [0.15, 0.2) is 127 Å². The summed E-state index contributed by atoms with van der Waals surface area (Å²) in [5, 5.41) is 0. The summed E-state index contributed by atoms with van der Waals surface area (Å²) in [7, 11) is 0. The summed E-state index contributed by atoms with van der Waals surface area (Å²) in [6, 6.07) is 36.7. The van der Waals surface area contributed by atoms with E-state index in [-0.39, 0.29) is 32.2 Å². The molecule has 0 radical (unpaired) electrons. The van der Waals surface area contributed by atoms with Crippen LogP contribution in [0.3, 0.4) is 0 Å². The van der Waals surface area contributed by atoms with E-state index < -0.39 is 47.5 Å². The van der Waals surface area contributed by atoms with Crippen LogP contribution in [0, 0.1) is 11.8 Å². The van der Waals surface area contributed by atoms with Gasteiger partial charge in [0.2, 0.25) is 13.6 Å². The first-order chi connectivity index (χ1) is 27.3. The van der Waals surface area contributed by atoms with Gasteiger partial charge in [0.1, 0.15) is 23.0 Å². The van der Waals surface area contributed by atoms with E-state index in [4.69, 9.17) is 28.4 Å². The maximum atomic E-state index is 12.7. The molecule has 5 aromatic rings. The van der Waals surface area contributed by atoms with Gasteiger partial charge in [-0.2, -0.15) is 0 Å². The second kappa shape index (κ2) is 15.8. The number of fused-ring (bicyclic) bond motifs is 3. The molecule has 0 aromatic heterocycles. The van der Waals surface area contributed by atoms with Crippen molar-refractivity contribution in [3.63, 3.8) is 0 Å². The molecular formula is C45H34O11. The lowest BCUT2D eigenvalue weighted by molar-refractivity contribution is -0.155. The van der Waals surface area contributed by atoms with Crippen LogP contribution >= 0.6 is 0 Å². The SMILES string of the molecule is O=C1CC(C2CC3C(=O)OC(=O)C3c3cc(OCOc4ccc(-c5ccc(OCOc6ccc(/C=C/C(=O)c7ccccc7)cc6)cc5)cc4)ccc32)C(=O)O1. The van der Waals surface area contributed by atoms with Gasteiger partial charge in [0, 0.05) is 5.56 Å². The van der Waals surface area contributed by atoms with E-state index >= 15 is 0 Å². The van der Waals surface area contributed by atoms with Crippen LogP contribution < -0.4 is 18.9 Å². The third kappa shape index (κ3) is 7.78. The van der Waals surface area contributed by atoms with Crippen molar-refractivity contribution in [1.29, 1.82) is 0 Å². The molecule has 4 unspecified atom stereocenters. The lowest BCUT2D eigenvalue weighted by Crippen LogP contribution is -2.31. The molecular weight excluding hydrogens is 716 g/mol. The Balaban J connectivity index is 0.818. The average Bonchev–Trinajstić information content (AvgIpc) is 3.72. The summed E-state index contributed by atoms with van der Waals surface area (Å²) in [5.41, 5.74) is 4.68. The van der Waals surface area contributed by atoms with Gasteiger partial charge in [-0.25, -0.2) is 0 Å². The Hall–Kier alpha value is -7.01. The van der Waals surface area contributed by atoms with Crippen molar-refractivity contribution in [2.75, 3.05) is 13.6 Å². The summed E-state index contributed by atoms with van der Waals surface area (Å²) in [6.45, 7) is -0.110. The number of hydrogen-bond donors (Lipinski definition) is 0. The lowest BCUT2D eigenvalue weighted by atomic mass is 9.67. The zero-order chi connectivity index (χ0) is 38.6. The fourth-order valence-corrected chi connectivity index (χ4v) is 7.31. The highest BCUT2D eigenvalue weighted by atomic mass is 16.7. The molecule has 11 heteroatoms. The molecule has 280 valence electrons. The molecule has 2 saturated heterocycles. The number of allylic oxidation sites excluding steroid dienone is 1. The van der Waals surface area contributed by atoms with E-state index in [1.807, 2.05) is 91.0 Å². The molecule has 8 rings (SSSR count). The van der Waals surface area contributed by atoms with Gasteiger partial charge < -0.3 is 28.4 Å². The van der Waals surface area contributed by atoms with E-state index in [1.54, 1.807) is 42.5 Å². The average molecular weight is 751 g/mol. The zero-order valence-electron chi connectivity index (χ0n) is 29.8. The van der Waals surface area contributed by atoms with Crippen LogP contribution in [0.1, 0.15) is 51.7 Å².